The molecule has 3 rings (SSSR count). The summed E-state index contributed by atoms with van der Waals surface area (Å²) in [6.07, 6.45) is 1.31. The number of hydrogen-bond acceptors (Lipinski definition) is 2. The first-order chi connectivity index (χ1) is 12.0. The van der Waals surface area contributed by atoms with Crippen molar-refractivity contribution in [2.45, 2.75) is 19.4 Å². The van der Waals surface area contributed by atoms with Gasteiger partial charge in [-0.1, -0.05) is 53.5 Å². The van der Waals surface area contributed by atoms with Crippen molar-refractivity contribution < 1.29 is 9.59 Å². The molecule has 6 heteroatoms. The number of carbonyl (C=O) groups is 2. The molecule has 0 atom stereocenters. The molecule has 0 fully saturated rings. The monoisotopic (exact) mass is 376 g/mol. The SMILES string of the molecule is O=C(NCCc1ccc(Cl)cc1Cl)C(=O)N1CCc2ccccc2C1. The lowest BCUT2D eigenvalue weighted by Crippen LogP contribution is -2.45. The lowest BCUT2D eigenvalue weighted by molar-refractivity contribution is -0.146. The van der Waals surface area contributed by atoms with Crippen molar-refractivity contribution in [1.29, 1.82) is 0 Å². The third-order valence-electron chi connectivity index (χ3n) is 4.31. The number of fused-ring (bicyclic) bond motifs is 1. The Labute approximate surface area is 156 Å². The Bertz CT molecular complexity index is 808. The van der Waals surface area contributed by atoms with Gasteiger partial charge in [0.15, 0.2) is 0 Å². The zero-order valence-corrected chi connectivity index (χ0v) is 15.1. The van der Waals surface area contributed by atoms with Gasteiger partial charge < -0.3 is 10.2 Å². The number of nitrogens with one attached hydrogen (secondary N) is 1. The van der Waals surface area contributed by atoms with Crippen molar-refractivity contribution in [1.82, 2.24) is 10.2 Å². The molecule has 0 aromatic heterocycles. The Morgan fingerprint density at radius 2 is 1.84 bits per heavy atom. The van der Waals surface area contributed by atoms with Crippen LogP contribution in [0.5, 0.6) is 0 Å². The molecule has 4 nitrogen and oxygen atoms in total. The molecule has 1 aliphatic heterocycles. The van der Waals surface area contributed by atoms with Crippen LogP contribution in [0.25, 0.3) is 0 Å². The minimum Gasteiger partial charge on any atom is -0.347 e. The van der Waals surface area contributed by atoms with Gasteiger partial charge in [0, 0.05) is 29.7 Å². The third-order valence-corrected chi connectivity index (χ3v) is 4.89. The minimum absolute atomic E-state index is 0.344. The lowest BCUT2D eigenvalue weighted by Gasteiger charge is -2.28. The Balaban J connectivity index is 1.52. The van der Waals surface area contributed by atoms with E-state index < -0.39 is 11.8 Å². The fourth-order valence-electron chi connectivity index (χ4n) is 2.92. The third kappa shape index (κ3) is 4.33. The highest BCUT2D eigenvalue weighted by molar-refractivity contribution is 6.35. The van der Waals surface area contributed by atoms with Crippen molar-refractivity contribution in [3.05, 3.63) is 69.2 Å². The number of carbonyl (C=O) groups excluding carboxylic acids is 2. The second-order valence-electron chi connectivity index (χ2n) is 5.99. The summed E-state index contributed by atoms with van der Waals surface area (Å²) in [6, 6.07) is 13.2. The maximum Gasteiger partial charge on any atom is 0.312 e. The van der Waals surface area contributed by atoms with Gasteiger partial charge in [-0.2, -0.15) is 0 Å². The quantitative estimate of drug-likeness (QED) is 0.835. The van der Waals surface area contributed by atoms with Gasteiger partial charge >= 0.3 is 11.8 Å². The number of nitrogens with zero attached hydrogens (tertiary/aromatic N) is 1. The van der Waals surface area contributed by atoms with Crippen LogP contribution in [0.4, 0.5) is 0 Å². The van der Waals surface area contributed by atoms with Gasteiger partial charge in [0.25, 0.3) is 0 Å². The Morgan fingerprint density at radius 3 is 2.60 bits per heavy atom. The zero-order chi connectivity index (χ0) is 17.8. The number of halogens is 2. The van der Waals surface area contributed by atoms with Gasteiger partial charge in [-0.05, 0) is 41.7 Å². The summed E-state index contributed by atoms with van der Waals surface area (Å²) in [5.41, 5.74) is 3.22. The molecule has 0 spiro atoms. The Hall–Kier alpha value is -2.04. The first kappa shape index (κ1) is 17.8. The second kappa shape index (κ2) is 7.89. The highest BCUT2D eigenvalue weighted by Crippen LogP contribution is 2.21. The van der Waals surface area contributed by atoms with Crippen LogP contribution in [0, 0.1) is 0 Å². The van der Waals surface area contributed by atoms with E-state index in [1.807, 2.05) is 24.3 Å². The van der Waals surface area contributed by atoms with E-state index >= 15 is 0 Å². The van der Waals surface area contributed by atoms with Crippen molar-refractivity contribution in [3.8, 4) is 0 Å². The van der Waals surface area contributed by atoms with Gasteiger partial charge in [0.1, 0.15) is 0 Å². The van der Waals surface area contributed by atoms with Crippen LogP contribution in [-0.2, 0) is 29.0 Å². The number of hydrogen-bond donors (Lipinski definition) is 1. The Kier molecular flexibility index (Phi) is 5.61. The molecule has 25 heavy (non-hydrogen) atoms. The van der Waals surface area contributed by atoms with E-state index in [-0.39, 0.29) is 0 Å². The maximum atomic E-state index is 12.3. The fourth-order valence-corrected chi connectivity index (χ4v) is 3.43. The van der Waals surface area contributed by atoms with E-state index in [9.17, 15) is 9.59 Å². The van der Waals surface area contributed by atoms with Crippen molar-refractivity contribution in [2.24, 2.45) is 0 Å². The molecule has 0 radical (unpaired) electrons. The molecule has 1 aliphatic rings. The summed E-state index contributed by atoms with van der Waals surface area (Å²) < 4.78 is 0. The molecule has 2 amide bonds. The number of rotatable bonds is 3. The standard InChI is InChI=1S/C19H18Cl2N2O2/c20-16-6-5-14(17(21)11-16)7-9-22-18(24)19(25)23-10-8-13-3-1-2-4-15(13)12-23/h1-6,11H,7-10,12H2,(H,22,24). The van der Waals surface area contributed by atoms with Crippen LogP contribution in [0.3, 0.4) is 0 Å². The van der Waals surface area contributed by atoms with E-state index in [0.717, 1.165) is 17.5 Å². The predicted molar refractivity (Wildman–Crippen MR) is 98.7 cm³/mol. The van der Waals surface area contributed by atoms with E-state index in [4.69, 9.17) is 23.2 Å². The highest BCUT2D eigenvalue weighted by Gasteiger charge is 2.25. The molecular formula is C19H18Cl2N2O2. The van der Waals surface area contributed by atoms with Gasteiger partial charge in [0.2, 0.25) is 0 Å². The average molecular weight is 377 g/mol. The first-order valence-electron chi connectivity index (χ1n) is 8.12. The Morgan fingerprint density at radius 1 is 1.08 bits per heavy atom. The summed E-state index contributed by atoms with van der Waals surface area (Å²) >= 11 is 12.0. The molecule has 0 bridgehead atoms. The largest absolute Gasteiger partial charge is 0.347 e. The molecule has 0 saturated carbocycles. The molecule has 0 aliphatic carbocycles. The van der Waals surface area contributed by atoms with Crippen LogP contribution < -0.4 is 5.32 Å². The van der Waals surface area contributed by atoms with Crippen LogP contribution in [0.2, 0.25) is 10.0 Å². The van der Waals surface area contributed by atoms with Crippen LogP contribution in [-0.4, -0.2) is 29.8 Å². The summed E-state index contributed by atoms with van der Waals surface area (Å²) in [4.78, 5) is 26.0. The van der Waals surface area contributed by atoms with Crippen LogP contribution in [0.15, 0.2) is 42.5 Å². The summed E-state index contributed by atoms with van der Waals surface area (Å²) in [5.74, 6) is -1.07. The van der Waals surface area contributed by atoms with Crippen LogP contribution in [0.1, 0.15) is 16.7 Å². The van der Waals surface area contributed by atoms with E-state index in [1.165, 1.54) is 5.56 Å². The highest BCUT2D eigenvalue weighted by atomic mass is 35.5. The fraction of sp³-hybridized carbons (Fsp3) is 0.263. The normalized spacial score (nSPS) is 13.3. The first-order valence-corrected chi connectivity index (χ1v) is 8.88. The molecule has 130 valence electrons. The van der Waals surface area contributed by atoms with Gasteiger partial charge in [-0.3, -0.25) is 9.59 Å². The van der Waals surface area contributed by atoms with E-state index in [2.05, 4.69) is 11.4 Å². The molecule has 2 aromatic rings. The molecule has 1 N–H and O–H groups in total. The predicted octanol–water partition coefficient (Wildman–Crippen LogP) is 3.24. The molecule has 1 heterocycles. The topological polar surface area (TPSA) is 49.4 Å². The summed E-state index contributed by atoms with van der Waals surface area (Å²) in [7, 11) is 0. The van der Waals surface area contributed by atoms with Crippen molar-refractivity contribution in [3.63, 3.8) is 0 Å². The lowest BCUT2D eigenvalue weighted by atomic mass is 10.00. The van der Waals surface area contributed by atoms with Crippen LogP contribution >= 0.6 is 23.2 Å². The molecule has 2 aromatic carbocycles. The molecule has 0 unspecified atom stereocenters. The molecular weight excluding hydrogens is 359 g/mol. The van der Waals surface area contributed by atoms with Gasteiger partial charge in [-0.15, -0.1) is 0 Å². The van der Waals surface area contributed by atoms with Crippen molar-refractivity contribution >= 4 is 35.0 Å². The number of amides is 2. The summed E-state index contributed by atoms with van der Waals surface area (Å²) in [5, 5.41) is 3.80. The summed E-state index contributed by atoms with van der Waals surface area (Å²) in [6.45, 7) is 1.38. The smallest absolute Gasteiger partial charge is 0.312 e. The van der Waals surface area contributed by atoms with E-state index in [1.54, 1.807) is 17.0 Å². The second-order valence-corrected chi connectivity index (χ2v) is 6.83. The average Bonchev–Trinajstić information content (AvgIpc) is 2.62. The molecule has 0 saturated heterocycles. The van der Waals surface area contributed by atoms with Crippen molar-refractivity contribution in [2.75, 3.05) is 13.1 Å². The van der Waals surface area contributed by atoms with Gasteiger partial charge in [0.05, 0.1) is 0 Å². The minimum atomic E-state index is -0.579. The zero-order valence-electron chi connectivity index (χ0n) is 13.6. The van der Waals surface area contributed by atoms with Gasteiger partial charge in [-0.25, -0.2) is 0 Å². The van der Waals surface area contributed by atoms with E-state index in [0.29, 0.717) is 36.1 Å². The number of benzene rings is 2. The maximum absolute atomic E-state index is 12.3.